The average molecular weight is 486 g/mol. The van der Waals surface area contributed by atoms with Gasteiger partial charge in [-0.05, 0) is 42.3 Å². The zero-order chi connectivity index (χ0) is 24.7. The van der Waals surface area contributed by atoms with E-state index in [2.05, 4.69) is 15.5 Å². The Morgan fingerprint density at radius 3 is 2.68 bits per heavy atom. The molecule has 1 unspecified atom stereocenters. The van der Waals surface area contributed by atoms with E-state index < -0.39 is 17.6 Å². The third-order valence-corrected chi connectivity index (χ3v) is 5.80. The van der Waals surface area contributed by atoms with Crippen LogP contribution in [0.5, 0.6) is 0 Å². The Balaban J connectivity index is 1.99. The fourth-order valence-corrected chi connectivity index (χ4v) is 3.90. The van der Waals surface area contributed by atoms with Gasteiger partial charge in [-0.3, -0.25) is 9.59 Å². The number of pyridine rings is 1. The number of H-pyrrole nitrogens is 1. The number of methoxy groups -OCH3 is 1. The highest BCUT2D eigenvalue weighted by molar-refractivity contribution is 6.31. The molecule has 0 saturated carbocycles. The van der Waals surface area contributed by atoms with Gasteiger partial charge in [0.25, 0.3) is 11.5 Å². The highest BCUT2D eigenvalue weighted by Gasteiger charge is 2.23. The molecule has 1 heterocycles. The average Bonchev–Trinajstić information content (AvgIpc) is 2.82. The molecular formula is C25H25ClFN3O4. The Kier molecular flexibility index (Phi) is 8.56. The fourth-order valence-electron chi connectivity index (χ4n) is 3.63. The van der Waals surface area contributed by atoms with E-state index in [1.165, 1.54) is 25.4 Å². The number of hydrogen-bond acceptors (Lipinski definition) is 5. The Hall–Kier alpha value is -3.49. The lowest BCUT2D eigenvalue weighted by Gasteiger charge is -2.21. The first kappa shape index (κ1) is 25.1. The number of oxime groups is 1. The largest absolute Gasteiger partial charge is 0.411 e. The van der Waals surface area contributed by atoms with E-state index in [0.717, 1.165) is 0 Å². The summed E-state index contributed by atoms with van der Waals surface area (Å²) in [5, 5.41) is 16.3. The lowest BCUT2D eigenvalue weighted by atomic mass is 9.85. The Morgan fingerprint density at radius 1 is 1.26 bits per heavy atom. The Morgan fingerprint density at radius 2 is 2.03 bits per heavy atom. The van der Waals surface area contributed by atoms with Crippen molar-refractivity contribution < 1.29 is 19.1 Å². The zero-order valence-corrected chi connectivity index (χ0v) is 19.5. The number of rotatable bonds is 9. The predicted octanol–water partition coefficient (Wildman–Crippen LogP) is 4.25. The van der Waals surface area contributed by atoms with E-state index in [1.807, 2.05) is 12.1 Å². The van der Waals surface area contributed by atoms with Crippen LogP contribution in [0, 0.1) is 12.7 Å². The summed E-state index contributed by atoms with van der Waals surface area (Å²) in [6, 6.07) is 13.1. The minimum Gasteiger partial charge on any atom is -0.411 e. The van der Waals surface area contributed by atoms with E-state index >= 15 is 0 Å². The van der Waals surface area contributed by atoms with Gasteiger partial charge in [0.05, 0.1) is 17.9 Å². The normalized spacial score (nSPS) is 12.4. The summed E-state index contributed by atoms with van der Waals surface area (Å²) in [6.07, 6.45) is 1.62. The van der Waals surface area contributed by atoms with E-state index in [-0.39, 0.29) is 29.8 Å². The van der Waals surface area contributed by atoms with Crippen molar-refractivity contribution in [3.05, 3.63) is 104 Å². The molecule has 3 aromatic rings. The van der Waals surface area contributed by atoms with Gasteiger partial charge in [0.1, 0.15) is 5.82 Å². The molecule has 34 heavy (non-hydrogen) atoms. The van der Waals surface area contributed by atoms with Crippen molar-refractivity contribution in [2.75, 3.05) is 20.3 Å². The van der Waals surface area contributed by atoms with Gasteiger partial charge >= 0.3 is 0 Å². The van der Waals surface area contributed by atoms with Crippen LogP contribution in [0.25, 0.3) is 0 Å². The van der Waals surface area contributed by atoms with Crippen LogP contribution in [-0.2, 0) is 4.74 Å². The van der Waals surface area contributed by atoms with Crippen molar-refractivity contribution in [2.45, 2.75) is 19.3 Å². The van der Waals surface area contributed by atoms with Gasteiger partial charge in [-0.2, -0.15) is 0 Å². The highest BCUT2D eigenvalue weighted by Crippen LogP contribution is 2.35. The quantitative estimate of drug-likeness (QED) is 0.182. The van der Waals surface area contributed by atoms with Crippen LogP contribution in [0.3, 0.4) is 0 Å². The maximum atomic E-state index is 15.0. The van der Waals surface area contributed by atoms with Gasteiger partial charge in [0.2, 0.25) is 0 Å². The molecule has 0 aliphatic rings. The molecule has 1 atom stereocenters. The summed E-state index contributed by atoms with van der Waals surface area (Å²) in [4.78, 5) is 26.7. The number of hydrogen-bond donors (Lipinski definition) is 3. The van der Waals surface area contributed by atoms with E-state index in [1.54, 1.807) is 31.2 Å². The minimum absolute atomic E-state index is 0.0925. The van der Waals surface area contributed by atoms with Gasteiger partial charge in [-0.15, -0.1) is 0 Å². The number of amides is 1. The first-order chi connectivity index (χ1) is 16.3. The topological polar surface area (TPSA) is 104 Å². The maximum Gasteiger partial charge on any atom is 0.254 e. The number of aromatic nitrogens is 1. The summed E-state index contributed by atoms with van der Waals surface area (Å²) >= 11 is 6.46. The van der Waals surface area contributed by atoms with Crippen molar-refractivity contribution in [3.8, 4) is 0 Å². The van der Waals surface area contributed by atoms with Crippen LogP contribution in [0.15, 0.2) is 64.7 Å². The number of aryl methyl sites for hydroxylation is 1. The second kappa shape index (κ2) is 11.6. The number of benzene rings is 2. The third-order valence-electron chi connectivity index (χ3n) is 5.45. The first-order valence-corrected chi connectivity index (χ1v) is 10.9. The molecule has 0 aliphatic heterocycles. The van der Waals surface area contributed by atoms with Gasteiger partial charge in [0, 0.05) is 48.3 Å². The number of carbonyl (C=O) groups excluding carboxylic acids is 1. The van der Waals surface area contributed by atoms with Crippen LogP contribution >= 0.6 is 11.6 Å². The molecule has 0 saturated heterocycles. The lowest BCUT2D eigenvalue weighted by Crippen LogP contribution is -2.27. The molecular weight excluding hydrogens is 461 g/mol. The summed E-state index contributed by atoms with van der Waals surface area (Å²) in [6.45, 7) is 2.22. The highest BCUT2D eigenvalue weighted by atomic mass is 35.5. The van der Waals surface area contributed by atoms with Crippen LogP contribution in [0.4, 0.5) is 4.39 Å². The lowest BCUT2D eigenvalue weighted by molar-refractivity contribution is 0.0933. The van der Waals surface area contributed by atoms with Crippen LogP contribution < -0.4 is 10.9 Å². The van der Waals surface area contributed by atoms with E-state index in [4.69, 9.17) is 16.3 Å². The number of nitrogens with one attached hydrogen (secondary N) is 2. The molecule has 1 aromatic heterocycles. The SMILES string of the molecule is COCCNC(=O)c1ccc(C(C/C(=N\O)c2c[nH]c(=O)c(C)c2)c2ccccc2Cl)cc1F. The molecule has 0 fully saturated rings. The second-order valence-corrected chi connectivity index (χ2v) is 8.12. The van der Waals surface area contributed by atoms with Crippen molar-refractivity contribution in [1.29, 1.82) is 0 Å². The predicted molar refractivity (Wildman–Crippen MR) is 129 cm³/mol. The zero-order valence-electron chi connectivity index (χ0n) is 18.8. The summed E-state index contributed by atoms with van der Waals surface area (Å²) in [5.41, 5.74) is 2.17. The number of nitrogens with zero attached hydrogens (tertiary/aromatic N) is 1. The molecule has 2 aromatic carbocycles. The summed E-state index contributed by atoms with van der Waals surface area (Å²) in [7, 11) is 1.51. The smallest absolute Gasteiger partial charge is 0.254 e. The monoisotopic (exact) mass is 485 g/mol. The summed E-state index contributed by atoms with van der Waals surface area (Å²) < 4.78 is 19.9. The van der Waals surface area contributed by atoms with Crippen LogP contribution in [-0.4, -0.2) is 42.1 Å². The van der Waals surface area contributed by atoms with Crippen molar-refractivity contribution in [3.63, 3.8) is 0 Å². The number of ether oxygens (including phenoxy) is 1. The maximum absolute atomic E-state index is 15.0. The molecule has 3 rings (SSSR count). The van der Waals surface area contributed by atoms with Crippen molar-refractivity contribution in [1.82, 2.24) is 10.3 Å². The van der Waals surface area contributed by atoms with Crippen LogP contribution in [0.1, 0.15) is 45.0 Å². The summed E-state index contributed by atoms with van der Waals surface area (Å²) in [5.74, 6) is -1.73. The number of aromatic amines is 1. The van der Waals surface area contributed by atoms with Crippen LogP contribution in [0.2, 0.25) is 5.02 Å². The molecule has 0 bridgehead atoms. The van der Waals surface area contributed by atoms with E-state index in [9.17, 15) is 19.2 Å². The molecule has 0 spiro atoms. The minimum atomic E-state index is -0.688. The standard InChI is InChI=1S/C25H25ClFN3O4/c1-15-11-17(14-29-24(15)31)23(30-33)13-20(18-5-3-4-6-21(18)26)16-7-8-19(22(27)12-16)25(32)28-9-10-34-2/h3-8,11-12,14,20,33H,9-10,13H2,1-2H3,(H,28,32)(H,29,31)/b30-23+. The first-order valence-electron chi connectivity index (χ1n) is 10.6. The van der Waals surface area contributed by atoms with Gasteiger partial charge in [-0.1, -0.05) is 41.0 Å². The number of halogens is 2. The molecule has 3 N–H and O–H groups in total. The Labute approximate surface area is 201 Å². The molecule has 0 radical (unpaired) electrons. The molecule has 178 valence electrons. The molecule has 9 heteroatoms. The number of carbonyl (C=O) groups is 1. The van der Waals surface area contributed by atoms with Gasteiger partial charge < -0.3 is 20.2 Å². The Bertz CT molecular complexity index is 1260. The molecule has 7 nitrogen and oxygen atoms in total. The van der Waals surface area contributed by atoms with E-state index in [0.29, 0.717) is 33.9 Å². The molecule has 1 amide bonds. The second-order valence-electron chi connectivity index (χ2n) is 7.71. The third kappa shape index (κ3) is 5.89. The van der Waals surface area contributed by atoms with Gasteiger partial charge in [-0.25, -0.2) is 4.39 Å². The molecule has 0 aliphatic carbocycles. The fraction of sp³-hybridized carbons (Fsp3) is 0.240. The van der Waals surface area contributed by atoms with Gasteiger partial charge in [0.15, 0.2) is 0 Å². The van der Waals surface area contributed by atoms with Crippen molar-refractivity contribution in [2.24, 2.45) is 5.16 Å². The van der Waals surface area contributed by atoms with Crippen molar-refractivity contribution >= 4 is 23.2 Å².